The maximum atomic E-state index is 9.86. The van der Waals surface area contributed by atoms with Crippen molar-refractivity contribution in [2.45, 2.75) is 50.2 Å². The fourth-order valence-corrected chi connectivity index (χ4v) is 2.34. The fourth-order valence-electron chi connectivity index (χ4n) is 2.34. The Balaban J connectivity index is 1.57. The van der Waals surface area contributed by atoms with Gasteiger partial charge in [-0.25, -0.2) is 0 Å². The molecule has 2 fully saturated rings. The monoisotopic (exact) mass is 198 g/mol. The van der Waals surface area contributed by atoms with Gasteiger partial charge in [-0.05, 0) is 38.6 Å². The zero-order valence-corrected chi connectivity index (χ0v) is 8.89. The Morgan fingerprint density at radius 2 is 2.14 bits per heavy atom. The minimum Gasteiger partial charge on any atom is -0.389 e. The largest absolute Gasteiger partial charge is 0.389 e. The van der Waals surface area contributed by atoms with E-state index < -0.39 is 0 Å². The van der Waals surface area contributed by atoms with Gasteiger partial charge in [0, 0.05) is 19.1 Å². The maximum absolute atomic E-state index is 9.86. The van der Waals surface area contributed by atoms with E-state index in [9.17, 15) is 5.11 Å². The van der Waals surface area contributed by atoms with Crippen LogP contribution in [-0.4, -0.2) is 36.4 Å². The predicted octanol–water partition coefficient (Wildman–Crippen LogP) is 0.633. The second-order valence-corrected chi connectivity index (χ2v) is 4.86. The number of hydrogen-bond acceptors (Lipinski definition) is 3. The summed E-state index contributed by atoms with van der Waals surface area (Å²) in [7, 11) is 0. The molecule has 14 heavy (non-hydrogen) atoms. The summed E-state index contributed by atoms with van der Waals surface area (Å²) in [6.45, 7) is 2.96. The lowest BCUT2D eigenvalue weighted by Crippen LogP contribution is -2.50. The van der Waals surface area contributed by atoms with E-state index in [1.807, 2.05) is 0 Å². The van der Waals surface area contributed by atoms with E-state index in [0.717, 1.165) is 32.5 Å². The molecule has 1 unspecified atom stereocenters. The van der Waals surface area contributed by atoms with Crippen LogP contribution in [0.25, 0.3) is 0 Å². The van der Waals surface area contributed by atoms with Crippen molar-refractivity contribution < 1.29 is 5.11 Å². The molecule has 1 heterocycles. The van der Waals surface area contributed by atoms with Crippen LogP contribution >= 0.6 is 0 Å². The van der Waals surface area contributed by atoms with E-state index >= 15 is 0 Å². The van der Waals surface area contributed by atoms with Crippen molar-refractivity contribution in [1.29, 1.82) is 0 Å². The predicted molar refractivity (Wildman–Crippen MR) is 57.3 cm³/mol. The van der Waals surface area contributed by atoms with Gasteiger partial charge in [0.1, 0.15) is 0 Å². The van der Waals surface area contributed by atoms with Gasteiger partial charge in [0.2, 0.25) is 0 Å². The number of rotatable bonds is 4. The molecule has 3 heteroatoms. The summed E-state index contributed by atoms with van der Waals surface area (Å²) in [5, 5.41) is 16.7. The van der Waals surface area contributed by atoms with Gasteiger partial charge in [-0.3, -0.25) is 0 Å². The van der Waals surface area contributed by atoms with E-state index in [1.54, 1.807) is 0 Å². The second kappa shape index (κ2) is 4.60. The van der Waals surface area contributed by atoms with Gasteiger partial charge in [0.15, 0.2) is 0 Å². The van der Waals surface area contributed by atoms with Crippen molar-refractivity contribution in [3.05, 3.63) is 0 Å². The van der Waals surface area contributed by atoms with Crippen molar-refractivity contribution in [2.24, 2.45) is 0 Å². The molecular weight excluding hydrogens is 176 g/mol. The van der Waals surface area contributed by atoms with Gasteiger partial charge in [0.05, 0.1) is 5.60 Å². The van der Waals surface area contributed by atoms with Crippen molar-refractivity contribution in [3.8, 4) is 0 Å². The van der Waals surface area contributed by atoms with Crippen LogP contribution in [0.1, 0.15) is 38.5 Å². The van der Waals surface area contributed by atoms with Crippen LogP contribution in [-0.2, 0) is 0 Å². The average Bonchev–Trinajstić information content (AvgIpc) is 2.17. The highest BCUT2D eigenvalue weighted by Crippen LogP contribution is 2.30. The molecule has 3 nitrogen and oxygen atoms in total. The summed E-state index contributed by atoms with van der Waals surface area (Å²) in [4.78, 5) is 0. The van der Waals surface area contributed by atoms with Crippen LogP contribution in [0, 0.1) is 0 Å². The standard InChI is InChI=1S/C11H22N2O/c14-11(5-3-6-11)9-12-8-10-4-1-2-7-13-10/h10,12-14H,1-9H2. The third kappa shape index (κ3) is 2.69. The average molecular weight is 198 g/mol. The first-order valence-electron chi connectivity index (χ1n) is 5.95. The molecule has 0 radical (unpaired) electrons. The molecule has 1 saturated heterocycles. The molecule has 2 aliphatic rings. The molecular formula is C11H22N2O. The summed E-state index contributed by atoms with van der Waals surface area (Å²) < 4.78 is 0. The van der Waals surface area contributed by atoms with E-state index in [4.69, 9.17) is 0 Å². The Bertz CT molecular complexity index is 174. The quantitative estimate of drug-likeness (QED) is 0.621. The molecule has 0 bridgehead atoms. The molecule has 0 amide bonds. The third-order valence-corrected chi connectivity index (χ3v) is 3.54. The van der Waals surface area contributed by atoms with Crippen LogP contribution in [0.4, 0.5) is 0 Å². The van der Waals surface area contributed by atoms with Crippen molar-refractivity contribution in [1.82, 2.24) is 10.6 Å². The van der Waals surface area contributed by atoms with Gasteiger partial charge in [-0.2, -0.15) is 0 Å². The first kappa shape index (κ1) is 10.4. The topological polar surface area (TPSA) is 44.3 Å². The summed E-state index contributed by atoms with van der Waals surface area (Å²) in [5.74, 6) is 0. The van der Waals surface area contributed by atoms with Crippen LogP contribution < -0.4 is 10.6 Å². The van der Waals surface area contributed by atoms with Gasteiger partial charge in [-0.15, -0.1) is 0 Å². The zero-order chi connectivity index (χ0) is 9.86. The lowest BCUT2D eigenvalue weighted by Gasteiger charge is -2.37. The number of nitrogens with one attached hydrogen (secondary N) is 2. The summed E-state index contributed by atoms with van der Waals surface area (Å²) >= 11 is 0. The number of aliphatic hydroxyl groups is 1. The number of piperidine rings is 1. The highest BCUT2D eigenvalue weighted by atomic mass is 16.3. The smallest absolute Gasteiger partial charge is 0.0771 e. The molecule has 0 aromatic rings. The molecule has 1 aliphatic heterocycles. The first-order valence-corrected chi connectivity index (χ1v) is 5.95. The van der Waals surface area contributed by atoms with Crippen LogP contribution in [0.2, 0.25) is 0 Å². The zero-order valence-electron chi connectivity index (χ0n) is 8.89. The Hall–Kier alpha value is -0.120. The van der Waals surface area contributed by atoms with Crippen molar-refractivity contribution in [3.63, 3.8) is 0 Å². The Labute approximate surface area is 86.3 Å². The van der Waals surface area contributed by atoms with Gasteiger partial charge in [-0.1, -0.05) is 6.42 Å². The summed E-state index contributed by atoms with van der Waals surface area (Å²) in [6, 6.07) is 0.632. The molecule has 0 aromatic heterocycles. The Morgan fingerprint density at radius 3 is 2.71 bits per heavy atom. The molecule has 82 valence electrons. The fraction of sp³-hybridized carbons (Fsp3) is 1.00. The van der Waals surface area contributed by atoms with E-state index in [2.05, 4.69) is 10.6 Å². The molecule has 0 spiro atoms. The van der Waals surface area contributed by atoms with Crippen molar-refractivity contribution >= 4 is 0 Å². The number of hydrogen-bond donors (Lipinski definition) is 3. The lowest BCUT2D eigenvalue weighted by molar-refractivity contribution is -0.0315. The summed E-state index contributed by atoms with van der Waals surface area (Å²) in [5.41, 5.74) is -0.366. The van der Waals surface area contributed by atoms with Crippen LogP contribution in [0.5, 0.6) is 0 Å². The molecule has 3 N–H and O–H groups in total. The van der Waals surface area contributed by atoms with Crippen LogP contribution in [0.3, 0.4) is 0 Å². The normalized spacial score (nSPS) is 31.1. The Kier molecular flexibility index (Phi) is 3.42. The maximum Gasteiger partial charge on any atom is 0.0771 e. The first-order chi connectivity index (χ1) is 6.79. The highest BCUT2D eigenvalue weighted by Gasteiger charge is 2.33. The van der Waals surface area contributed by atoms with Gasteiger partial charge >= 0.3 is 0 Å². The Morgan fingerprint density at radius 1 is 1.29 bits per heavy atom. The third-order valence-electron chi connectivity index (χ3n) is 3.54. The summed E-state index contributed by atoms with van der Waals surface area (Å²) in [6.07, 6.45) is 7.12. The molecule has 1 saturated carbocycles. The minimum absolute atomic E-state index is 0.366. The molecule has 1 atom stereocenters. The molecule has 2 rings (SSSR count). The SMILES string of the molecule is OC1(CNCC2CCCCN2)CCC1. The highest BCUT2D eigenvalue weighted by molar-refractivity contribution is 4.90. The molecule has 1 aliphatic carbocycles. The van der Waals surface area contributed by atoms with E-state index in [0.29, 0.717) is 6.04 Å². The van der Waals surface area contributed by atoms with Gasteiger partial charge < -0.3 is 15.7 Å². The molecule has 0 aromatic carbocycles. The van der Waals surface area contributed by atoms with E-state index in [-0.39, 0.29) is 5.60 Å². The van der Waals surface area contributed by atoms with Crippen molar-refractivity contribution in [2.75, 3.05) is 19.6 Å². The van der Waals surface area contributed by atoms with E-state index in [1.165, 1.54) is 25.7 Å². The van der Waals surface area contributed by atoms with Gasteiger partial charge in [0.25, 0.3) is 0 Å². The lowest BCUT2D eigenvalue weighted by atomic mass is 9.80. The van der Waals surface area contributed by atoms with Crippen LogP contribution in [0.15, 0.2) is 0 Å². The minimum atomic E-state index is -0.366. The second-order valence-electron chi connectivity index (χ2n) is 4.86.